The maximum absolute atomic E-state index is 12.3. The first-order valence-electron chi connectivity index (χ1n) is 16.5. The number of hydrogen-bond donors (Lipinski definition) is 1. The van der Waals surface area contributed by atoms with E-state index in [2.05, 4.69) is 17.2 Å². The molecule has 0 aromatic rings. The van der Waals surface area contributed by atoms with E-state index in [-0.39, 0.29) is 57.9 Å². The quantitative estimate of drug-likeness (QED) is 0.0551. The summed E-state index contributed by atoms with van der Waals surface area (Å²) in [5.74, 6) is 4.20. The third-order valence-corrected chi connectivity index (χ3v) is 5.47. The Bertz CT molecular complexity index is 823. The minimum atomic E-state index is -0.496. The third kappa shape index (κ3) is 38.3. The molecule has 0 bridgehead atoms. The van der Waals surface area contributed by atoms with Gasteiger partial charge in [0.25, 0.3) is 0 Å². The minimum Gasteiger partial charge on any atom is -0.460 e. The van der Waals surface area contributed by atoms with E-state index in [1.807, 2.05) is 20.8 Å². The van der Waals surface area contributed by atoms with E-state index in [9.17, 15) is 9.59 Å². The second-order valence-electron chi connectivity index (χ2n) is 11.0. The summed E-state index contributed by atoms with van der Waals surface area (Å²) >= 11 is 0. The summed E-state index contributed by atoms with van der Waals surface area (Å²) < 4.78 is 65.1. The van der Waals surface area contributed by atoms with Crippen LogP contribution in [-0.4, -0.2) is 169 Å². The SMILES string of the molecule is C#CCOCCOCCOCC(COCCOCCOCC#C)OCC(=O)NCCOCCOCCOCCOCCC(=O)OC(C)(C)C. The highest BCUT2D eigenvalue weighted by Crippen LogP contribution is 2.08. The number of amides is 1. The molecule has 0 aliphatic heterocycles. The Balaban J connectivity index is 3.89. The molecule has 0 radical (unpaired) electrons. The molecule has 0 spiro atoms. The molecule has 1 amide bonds. The van der Waals surface area contributed by atoms with Crippen molar-refractivity contribution in [3.63, 3.8) is 0 Å². The van der Waals surface area contributed by atoms with Gasteiger partial charge in [-0.25, -0.2) is 0 Å². The van der Waals surface area contributed by atoms with Gasteiger partial charge >= 0.3 is 5.97 Å². The first-order chi connectivity index (χ1) is 23.8. The maximum atomic E-state index is 12.3. The molecule has 0 aliphatic carbocycles. The Morgan fingerprint density at radius 1 is 0.571 bits per heavy atom. The minimum absolute atomic E-state index is 0.165. The molecule has 0 aliphatic rings. The molecule has 1 N–H and O–H groups in total. The van der Waals surface area contributed by atoms with E-state index in [4.69, 9.17) is 69.7 Å². The van der Waals surface area contributed by atoms with Crippen LogP contribution in [0.4, 0.5) is 0 Å². The van der Waals surface area contributed by atoms with Crippen molar-refractivity contribution >= 4 is 11.9 Å². The first kappa shape index (κ1) is 46.6. The fraction of sp³-hybridized carbons (Fsp3) is 0.824. The molecular formula is C34H59NO14. The molecule has 0 aromatic carbocycles. The average Bonchev–Trinajstić information content (AvgIpc) is 3.06. The third-order valence-electron chi connectivity index (χ3n) is 5.47. The van der Waals surface area contributed by atoms with Gasteiger partial charge in [-0.05, 0) is 20.8 Å². The van der Waals surface area contributed by atoms with E-state index >= 15 is 0 Å². The molecule has 0 atom stereocenters. The molecule has 0 aromatic heterocycles. The average molecular weight is 706 g/mol. The lowest BCUT2D eigenvalue weighted by molar-refractivity contribution is -0.156. The summed E-state index contributed by atoms with van der Waals surface area (Å²) in [6, 6.07) is 0. The van der Waals surface area contributed by atoms with Crippen molar-refractivity contribution in [1.82, 2.24) is 5.32 Å². The number of carbonyl (C=O) groups is 2. The molecule has 15 nitrogen and oxygen atoms in total. The second kappa shape index (κ2) is 35.4. The molecule has 0 saturated heterocycles. The van der Waals surface area contributed by atoms with Crippen LogP contribution in [0.3, 0.4) is 0 Å². The fourth-order valence-electron chi connectivity index (χ4n) is 3.33. The molecule has 0 unspecified atom stereocenters. The van der Waals surface area contributed by atoms with Crippen LogP contribution in [-0.2, 0) is 66.4 Å². The number of rotatable bonds is 36. The predicted octanol–water partition coefficient (Wildman–Crippen LogP) is 0.652. The Morgan fingerprint density at radius 3 is 1.39 bits per heavy atom. The van der Waals surface area contributed by atoms with Gasteiger partial charge in [0.1, 0.15) is 31.5 Å². The van der Waals surface area contributed by atoms with Crippen molar-refractivity contribution in [2.24, 2.45) is 0 Å². The van der Waals surface area contributed by atoms with Crippen molar-refractivity contribution < 1.29 is 66.4 Å². The van der Waals surface area contributed by atoms with Gasteiger partial charge in [0.05, 0.1) is 125 Å². The molecule has 284 valence electrons. The summed E-state index contributed by atoms with van der Waals surface area (Å²) in [5.41, 5.74) is -0.496. The zero-order valence-corrected chi connectivity index (χ0v) is 29.7. The lowest BCUT2D eigenvalue weighted by atomic mass is 10.2. The van der Waals surface area contributed by atoms with Gasteiger partial charge in [0.15, 0.2) is 0 Å². The zero-order chi connectivity index (χ0) is 36.1. The van der Waals surface area contributed by atoms with Gasteiger partial charge < -0.3 is 62.2 Å². The number of ether oxygens (including phenoxy) is 12. The van der Waals surface area contributed by atoms with Crippen LogP contribution in [0, 0.1) is 24.7 Å². The van der Waals surface area contributed by atoms with E-state index in [0.717, 1.165) is 0 Å². The van der Waals surface area contributed by atoms with Crippen molar-refractivity contribution in [2.45, 2.75) is 38.9 Å². The molecule has 15 heteroatoms. The summed E-state index contributed by atoms with van der Waals surface area (Å²) in [6.45, 7) is 12.6. The van der Waals surface area contributed by atoms with Crippen LogP contribution < -0.4 is 5.32 Å². The van der Waals surface area contributed by atoms with Crippen LogP contribution in [0.5, 0.6) is 0 Å². The highest BCUT2D eigenvalue weighted by Gasteiger charge is 2.16. The molecular weight excluding hydrogens is 646 g/mol. The molecule has 0 rings (SSSR count). The van der Waals surface area contributed by atoms with Gasteiger partial charge in [0.2, 0.25) is 5.91 Å². The van der Waals surface area contributed by atoms with Crippen LogP contribution in [0.2, 0.25) is 0 Å². The normalized spacial score (nSPS) is 11.4. The Hall–Kier alpha value is -2.38. The highest BCUT2D eigenvalue weighted by atomic mass is 16.6. The van der Waals surface area contributed by atoms with Crippen molar-refractivity contribution in [3.8, 4) is 24.7 Å². The monoisotopic (exact) mass is 705 g/mol. The standard InChI is InChI=1S/C34H59NO14/c1-6-10-38-14-18-44-24-26-46-28-31(29-47-27-25-45-19-15-39-11-7-2)48-30-32(36)35-9-13-41-17-21-43-23-22-42-20-16-40-12-8-33(37)49-34(3,4)5/h1-2,31H,8-30H2,3-5H3,(H,35,36). The largest absolute Gasteiger partial charge is 0.460 e. The van der Waals surface area contributed by atoms with Crippen LogP contribution in [0.1, 0.15) is 27.2 Å². The highest BCUT2D eigenvalue weighted by molar-refractivity contribution is 5.77. The van der Waals surface area contributed by atoms with Crippen molar-refractivity contribution in [1.29, 1.82) is 0 Å². The molecule has 49 heavy (non-hydrogen) atoms. The Labute approximate surface area is 292 Å². The summed E-state index contributed by atoms with van der Waals surface area (Å²) in [6.07, 6.45) is 9.98. The van der Waals surface area contributed by atoms with E-state index in [0.29, 0.717) is 106 Å². The Kier molecular flexibility index (Phi) is 33.7. The number of hydrogen-bond acceptors (Lipinski definition) is 14. The van der Waals surface area contributed by atoms with Gasteiger partial charge in [-0.2, -0.15) is 0 Å². The van der Waals surface area contributed by atoms with Crippen molar-refractivity contribution in [3.05, 3.63) is 0 Å². The summed E-state index contributed by atoms with van der Waals surface area (Å²) in [7, 11) is 0. The number of carbonyl (C=O) groups excluding carboxylic acids is 2. The van der Waals surface area contributed by atoms with Gasteiger partial charge in [0, 0.05) is 6.54 Å². The summed E-state index contributed by atoms with van der Waals surface area (Å²) in [5, 5.41) is 2.75. The molecule has 0 heterocycles. The smallest absolute Gasteiger partial charge is 0.308 e. The number of terminal acetylenes is 2. The van der Waals surface area contributed by atoms with Gasteiger partial charge in [-0.15, -0.1) is 12.8 Å². The Morgan fingerprint density at radius 2 is 0.959 bits per heavy atom. The van der Waals surface area contributed by atoms with Gasteiger partial charge in [-0.3, -0.25) is 9.59 Å². The van der Waals surface area contributed by atoms with E-state index < -0.39 is 11.7 Å². The number of nitrogens with one attached hydrogen (secondary N) is 1. The van der Waals surface area contributed by atoms with E-state index in [1.54, 1.807) is 0 Å². The second-order valence-corrected chi connectivity index (χ2v) is 11.0. The zero-order valence-electron chi connectivity index (χ0n) is 29.7. The lowest BCUT2D eigenvalue weighted by Gasteiger charge is -2.19. The van der Waals surface area contributed by atoms with Crippen LogP contribution in [0.25, 0.3) is 0 Å². The van der Waals surface area contributed by atoms with Crippen LogP contribution >= 0.6 is 0 Å². The number of esters is 1. The summed E-state index contributed by atoms with van der Waals surface area (Å²) in [4.78, 5) is 23.9. The molecule has 0 saturated carbocycles. The van der Waals surface area contributed by atoms with Crippen LogP contribution in [0.15, 0.2) is 0 Å². The van der Waals surface area contributed by atoms with Gasteiger partial charge in [-0.1, -0.05) is 11.8 Å². The topological polar surface area (TPSA) is 157 Å². The lowest BCUT2D eigenvalue weighted by Crippen LogP contribution is -2.35. The molecule has 0 fully saturated rings. The first-order valence-corrected chi connectivity index (χ1v) is 16.5. The maximum Gasteiger partial charge on any atom is 0.308 e. The van der Waals surface area contributed by atoms with Crippen molar-refractivity contribution in [2.75, 3.05) is 145 Å². The van der Waals surface area contributed by atoms with E-state index in [1.165, 1.54) is 0 Å². The predicted molar refractivity (Wildman–Crippen MR) is 179 cm³/mol. The fourth-order valence-corrected chi connectivity index (χ4v) is 3.33.